The Morgan fingerprint density at radius 1 is 0.517 bits per heavy atom. The summed E-state index contributed by atoms with van der Waals surface area (Å²) in [5.74, 6) is 0. The molecule has 172 valence electrons. The van der Waals surface area contributed by atoms with Crippen molar-refractivity contribution in [2.45, 2.75) is 157 Å². The van der Waals surface area contributed by atoms with Crippen LogP contribution >= 0.6 is 0 Å². The maximum absolute atomic E-state index is 3.51. The first-order valence-corrected chi connectivity index (χ1v) is 17.7. The first-order chi connectivity index (χ1) is 14.3. The lowest BCUT2D eigenvalue weighted by molar-refractivity contribution is 0.610. The molecule has 0 spiro atoms. The maximum atomic E-state index is 3.51. The van der Waals surface area contributed by atoms with Crippen LogP contribution in [-0.2, 0) is 0 Å². The maximum Gasteiger partial charge on any atom is 0.261 e. The Hall–Kier alpha value is 0.805. The van der Waals surface area contributed by atoms with Crippen LogP contribution in [0.5, 0.6) is 0 Å². The molecule has 0 aliphatic rings. The smallest absolute Gasteiger partial charge is 0.105 e. The Bertz CT molecular complexity index is 240. The highest BCUT2D eigenvalue weighted by atomic mass is 27.2. The molecule has 0 N–H and O–H groups in total. The van der Waals surface area contributed by atoms with E-state index in [1.54, 1.807) is 35.1 Å². The van der Waals surface area contributed by atoms with Crippen molar-refractivity contribution in [3.8, 4) is 0 Å². The molecule has 0 aromatic carbocycles. The second-order valence-electron chi connectivity index (χ2n) is 9.23. The predicted molar refractivity (Wildman–Crippen MR) is 144 cm³/mol. The Labute approximate surface area is 199 Å². The summed E-state index contributed by atoms with van der Waals surface area (Å²) in [6.07, 6.45) is 28.7. The van der Waals surface area contributed by atoms with Gasteiger partial charge < -0.3 is 0 Å². The van der Waals surface area contributed by atoms with E-state index in [1.807, 2.05) is 6.08 Å². The van der Waals surface area contributed by atoms with Crippen LogP contribution in [0.1, 0.15) is 136 Å². The number of hydrogen-bond acceptors (Lipinski definition) is 0. The molecule has 0 fully saturated rings. The minimum absolute atomic E-state index is 0.410. The van der Waals surface area contributed by atoms with Gasteiger partial charge in [0.2, 0.25) is 16.3 Å². The zero-order chi connectivity index (χ0) is 21.8. The molecule has 2 heteroatoms. The van der Waals surface area contributed by atoms with Gasteiger partial charge in [0.15, 0.2) is 0 Å². The molecule has 0 nitrogen and oxygen atoms in total. The third-order valence-corrected chi connectivity index (χ3v) is 10.4. The van der Waals surface area contributed by atoms with E-state index in [1.165, 1.54) is 118 Å². The summed E-state index contributed by atoms with van der Waals surface area (Å²) in [5.41, 5.74) is 0. The SMILES string of the molecule is C=C[CH2][AlH2].CCCCCCC[CH2][Al]([CH2]CCCCCCC)[CH2]CCCCCCC. The van der Waals surface area contributed by atoms with Gasteiger partial charge in [-0.05, 0) is 0 Å². The molecule has 0 rings (SSSR count). The van der Waals surface area contributed by atoms with Crippen molar-refractivity contribution < 1.29 is 0 Å². The molecule has 0 saturated carbocycles. The van der Waals surface area contributed by atoms with E-state index < -0.39 is 14.1 Å². The third-order valence-electron chi connectivity index (χ3n) is 6.19. The monoisotopic (exact) mass is 436 g/mol. The highest BCUT2D eigenvalue weighted by Crippen LogP contribution is 2.20. The van der Waals surface area contributed by atoms with Crippen molar-refractivity contribution >= 4 is 30.4 Å². The topological polar surface area (TPSA) is 0 Å². The van der Waals surface area contributed by atoms with Gasteiger partial charge in [0.05, 0.1) is 0 Å². The molecule has 29 heavy (non-hydrogen) atoms. The van der Waals surface area contributed by atoms with Crippen LogP contribution in [0.4, 0.5) is 0 Å². The second-order valence-corrected chi connectivity index (χ2v) is 13.5. The van der Waals surface area contributed by atoms with Gasteiger partial charge >= 0.3 is 0 Å². The minimum atomic E-state index is -0.410. The molecule has 0 aliphatic carbocycles. The van der Waals surface area contributed by atoms with Crippen LogP contribution in [0.15, 0.2) is 12.7 Å². The summed E-state index contributed by atoms with van der Waals surface area (Å²) in [6.45, 7) is 10.5. The van der Waals surface area contributed by atoms with Crippen LogP contribution < -0.4 is 0 Å². The van der Waals surface area contributed by atoms with Gasteiger partial charge in [-0.3, -0.25) is 0 Å². The molecular formula is C27H58Al2. The molecule has 0 atom stereocenters. The van der Waals surface area contributed by atoms with Crippen molar-refractivity contribution in [2.24, 2.45) is 0 Å². The van der Waals surface area contributed by atoms with E-state index in [9.17, 15) is 0 Å². The Balaban J connectivity index is 0. The summed E-state index contributed by atoms with van der Waals surface area (Å²) in [4.78, 5) is 0. The lowest BCUT2D eigenvalue weighted by Gasteiger charge is -2.12. The number of unbranched alkanes of at least 4 members (excludes halogenated alkanes) is 15. The van der Waals surface area contributed by atoms with Crippen LogP contribution in [0, 0.1) is 0 Å². The summed E-state index contributed by atoms with van der Waals surface area (Å²) in [6, 6.07) is 0. The molecule has 0 unspecified atom stereocenters. The van der Waals surface area contributed by atoms with E-state index in [0.717, 1.165) is 0 Å². The average molecular weight is 437 g/mol. The van der Waals surface area contributed by atoms with E-state index in [-0.39, 0.29) is 0 Å². The van der Waals surface area contributed by atoms with Crippen molar-refractivity contribution in [2.75, 3.05) is 0 Å². The quantitative estimate of drug-likeness (QED) is 0.0899. The molecule has 0 aliphatic heterocycles. The lowest BCUT2D eigenvalue weighted by atomic mass is 10.1. The zero-order valence-corrected chi connectivity index (χ0v) is 24.6. The van der Waals surface area contributed by atoms with Crippen molar-refractivity contribution in [3.05, 3.63) is 12.7 Å². The van der Waals surface area contributed by atoms with Crippen molar-refractivity contribution in [3.63, 3.8) is 0 Å². The number of rotatable bonds is 22. The normalized spacial score (nSPS) is 10.4. The van der Waals surface area contributed by atoms with Gasteiger partial charge in [-0.1, -0.05) is 157 Å². The fraction of sp³-hybridized carbons (Fsp3) is 0.926. The van der Waals surface area contributed by atoms with E-state index in [4.69, 9.17) is 0 Å². The van der Waals surface area contributed by atoms with Gasteiger partial charge in [0.25, 0.3) is 14.1 Å². The molecule has 0 heterocycles. The second kappa shape index (κ2) is 31.0. The Morgan fingerprint density at radius 3 is 1.00 bits per heavy atom. The summed E-state index contributed by atoms with van der Waals surface area (Å²) >= 11 is 0.861. The summed E-state index contributed by atoms with van der Waals surface area (Å²) in [5, 5.41) is 6.21. The Morgan fingerprint density at radius 2 is 0.759 bits per heavy atom. The van der Waals surface area contributed by atoms with E-state index in [0.29, 0.717) is 0 Å². The molecule has 0 aromatic heterocycles. The molecule has 0 amide bonds. The third kappa shape index (κ3) is 31.1. The van der Waals surface area contributed by atoms with Gasteiger partial charge in [-0.15, -0.1) is 12.7 Å². The largest absolute Gasteiger partial charge is 0.261 e. The summed E-state index contributed by atoms with van der Waals surface area (Å²) in [7, 11) is 0. The molecule has 0 saturated heterocycles. The van der Waals surface area contributed by atoms with Crippen molar-refractivity contribution in [1.82, 2.24) is 0 Å². The first kappa shape index (κ1) is 32.0. The van der Waals surface area contributed by atoms with Crippen LogP contribution in [0.3, 0.4) is 0 Å². The number of allylic oxidation sites excluding steroid dienone is 1. The van der Waals surface area contributed by atoms with E-state index >= 15 is 0 Å². The fourth-order valence-corrected chi connectivity index (χ4v) is 7.54. The Kier molecular flexibility index (Phi) is 34.2. The number of hydrogen-bond donors (Lipinski definition) is 0. The minimum Gasteiger partial charge on any atom is -0.105 e. The standard InChI is InChI=1S/3C8H17.C3H5.2Al.2H/c3*1-3-5-7-8-6-4-2;1-3-2;;;;/h3*1,3-8H2,2H3;3H,1-2H2;;;;. The van der Waals surface area contributed by atoms with Gasteiger partial charge in [0, 0.05) is 0 Å². The van der Waals surface area contributed by atoms with Crippen LogP contribution in [-0.4, -0.2) is 30.4 Å². The van der Waals surface area contributed by atoms with Crippen LogP contribution in [0.25, 0.3) is 0 Å². The zero-order valence-electron chi connectivity index (χ0n) is 21.4. The predicted octanol–water partition coefficient (Wildman–Crippen LogP) is 9.79. The van der Waals surface area contributed by atoms with Gasteiger partial charge in [-0.2, -0.15) is 0 Å². The average Bonchev–Trinajstić information content (AvgIpc) is 2.75. The molecular weight excluding hydrogens is 378 g/mol. The summed E-state index contributed by atoms with van der Waals surface area (Å²) < 4.78 is 0. The molecule has 0 aromatic rings. The van der Waals surface area contributed by atoms with E-state index in [2.05, 4.69) is 27.4 Å². The highest BCUT2D eigenvalue weighted by Gasteiger charge is 2.15. The molecule has 0 bridgehead atoms. The fourth-order valence-electron chi connectivity index (χ4n) is 4.07. The van der Waals surface area contributed by atoms with Crippen LogP contribution in [0.2, 0.25) is 21.1 Å². The first-order valence-electron chi connectivity index (χ1n) is 13.9. The lowest BCUT2D eigenvalue weighted by Crippen LogP contribution is -2.12. The van der Waals surface area contributed by atoms with Crippen molar-refractivity contribution in [1.29, 1.82) is 0 Å². The molecule has 0 radical (unpaired) electrons. The van der Waals surface area contributed by atoms with Gasteiger partial charge in [-0.25, -0.2) is 0 Å². The highest BCUT2D eigenvalue weighted by molar-refractivity contribution is 6.58. The van der Waals surface area contributed by atoms with Gasteiger partial charge in [0.1, 0.15) is 0 Å².